The average Bonchev–Trinajstić information content (AvgIpc) is 2.48. The van der Waals surface area contributed by atoms with E-state index >= 15 is 0 Å². The Balaban J connectivity index is 1.92. The van der Waals surface area contributed by atoms with E-state index in [-0.39, 0.29) is 11.8 Å². The van der Waals surface area contributed by atoms with E-state index in [1.54, 1.807) is 24.3 Å². The van der Waals surface area contributed by atoms with Crippen molar-refractivity contribution < 1.29 is 13.7 Å². The van der Waals surface area contributed by atoms with E-state index in [2.05, 4.69) is 40.3 Å². The molecule has 0 aromatic heterocycles. The molecule has 0 aliphatic rings. The lowest BCUT2D eigenvalue weighted by molar-refractivity contribution is -0.689. The minimum atomic E-state index is -3.21. The van der Waals surface area contributed by atoms with Crippen molar-refractivity contribution in [1.29, 1.82) is 0 Å². The zero-order valence-electron chi connectivity index (χ0n) is 11.9. The molecule has 0 bridgehead atoms. The third kappa shape index (κ3) is 4.66. The number of quaternary nitrogens is 1. The monoisotopic (exact) mass is 368 g/mol. The van der Waals surface area contributed by atoms with Crippen molar-refractivity contribution in [3.63, 3.8) is 0 Å². The van der Waals surface area contributed by atoms with Crippen molar-refractivity contribution in [1.82, 2.24) is 0 Å². The highest BCUT2D eigenvalue weighted by molar-refractivity contribution is 9.10. The third-order valence-corrected chi connectivity index (χ3v) is 5.70. The molecule has 5 heteroatoms. The summed E-state index contributed by atoms with van der Waals surface area (Å²) >= 11 is 3.31. The molecule has 0 saturated carbocycles. The molecule has 0 aliphatic heterocycles. The van der Waals surface area contributed by atoms with Gasteiger partial charge in [-0.05, 0) is 31.2 Å². The maximum absolute atomic E-state index is 12.2. The number of nitrogens with two attached hydrogens (primary N) is 1. The van der Waals surface area contributed by atoms with Gasteiger partial charge in [-0.1, -0.05) is 46.3 Å². The van der Waals surface area contributed by atoms with Gasteiger partial charge < -0.3 is 5.32 Å². The predicted octanol–water partition coefficient (Wildman–Crippen LogP) is 2.55. The van der Waals surface area contributed by atoms with Gasteiger partial charge in [0.2, 0.25) is 0 Å². The van der Waals surface area contributed by atoms with E-state index in [4.69, 9.17) is 0 Å². The van der Waals surface area contributed by atoms with E-state index in [9.17, 15) is 8.42 Å². The van der Waals surface area contributed by atoms with Crippen molar-refractivity contribution in [3.05, 3.63) is 64.6 Å². The largest absolute Gasteiger partial charge is 0.339 e. The maximum atomic E-state index is 12.2. The van der Waals surface area contributed by atoms with Crippen LogP contribution in [0, 0.1) is 0 Å². The van der Waals surface area contributed by atoms with Crippen LogP contribution >= 0.6 is 15.9 Å². The molecule has 2 N–H and O–H groups in total. The van der Waals surface area contributed by atoms with Crippen LogP contribution in [0.3, 0.4) is 0 Å². The molecule has 2 aromatic carbocycles. The number of rotatable bonds is 6. The van der Waals surface area contributed by atoms with Gasteiger partial charge in [0.1, 0.15) is 11.8 Å². The molecule has 0 unspecified atom stereocenters. The van der Waals surface area contributed by atoms with E-state index in [1.165, 1.54) is 5.56 Å². The zero-order chi connectivity index (χ0) is 15.3. The van der Waals surface area contributed by atoms with Crippen LogP contribution in [0.1, 0.15) is 18.5 Å². The highest BCUT2D eigenvalue weighted by Crippen LogP contribution is 2.15. The second-order valence-electron chi connectivity index (χ2n) is 5.00. The van der Waals surface area contributed by atoms with Crippen LogP contribution in [-0.2, 0) is 9.84 Å². The van der Waals surface area contributed by atoms with Crippen molar-refractivity contribution in [2.75, 3.05) is 12.3 Å². The smallest absolute Gasteiger partial charge is 0.183 e. The van der Waals surface area contributed by atoms with Gasteiger partial charge in [0.25, 0.3) is 0 Å². The molecule has 0 heterocycles. The van der Waals surface area contributed by atoms with Crippen molar-refractivity contribution in [2.24, 2.45) is 0 Å². The molecule has 3 nitrogen and oxygen atoms in total. The Kier molecular flexibility index (Phi) is 5.56. The molecule has 2 rings (SSSR count). The van der Waals surface area contributed by atoms with Gasteiger partial charge in [-0.2, -0.15) is 0 Å². The first kappa shape index (κ1) is 16.2. The number of sulfone groups is 1. The van der Waals surface area contributed by atoms with Crippen LogP contribution in [0.15, 0.2) is 64.0 Å². The Labute approximate surface area is 134 Å². The summed E-state index contributed by atoms with van der Waals surface area (Å²) in [6, 6.07) is 17.1. The molecule has 0 radical (unpaired) electrons. The van der Waals surface area contributed by atoms with Crippen molar-refractivity contribution in [2.45, 2.75) is 17.9 Å². The lowest BCUT2D eigenvalue weighted by Gasteiger charge is -2.11. The lowest BCUT2D eigenvalue weighted by atomic mass is 10.1. The summed E-state index contributed by atoms with van der Waals surface area (Å²) < 4.78 is 25.3. The van der Waals surface area contributed by atoms with E-state index < -0.39 is 9.84 Å². The van der Waals surface area contributed by atoms with Gasteiger partial charge in [-0.25, -0.2) is 8.42 Å². The summed E-state index contributed by atoms with van der Waals surface area (Å²) in [5, 5.41) is 2.06. The maximum Gasteiger partial charge on any atom is 0.183 e. The Morgan fingerprint density at radius 1 is 1.05 bits per heavy atom. The number of benzene rings is 2. The first-order chi connectivity index (χ1) is 9.99. The molecule has 1 atom stereocenters. The summed E-state index contributed by atoms with van der Waals surface area (Å²) in [4.78, 5) is 0.381. The van der Waals surface area contributed by atoms with Gasteiger partial charge in [0.05, 0.1) is 11.4 Å². The summed E-state index contributed by atoms with van der Waals surface area (Å²) in [7, 11) is -3.21. The van der Waals surface area contributed by atoms with Crippen LogP contribution < -0.4 is 5.32 Å². The molecule has 0 amide bonds. The molecule has 0 fully saturated rings. The van der Waals surface area contributed by atoms with Gasteiger partial charge in [-0.3, -0.25) is 0 Å². The van der Waals surface area contributed by atoms with Crippen molar-refractivity contribution in [3.8, 4) is 0 Å². The molecule has 0 saturated heterocycles. The van der Waals surface area contributed by atoms with Gasteiger partial charge in [0, 0.05) is 10.0 Å². The summed E-state index contributed by atoms with van der Waals surface area (Å²) in [5.74, 6) is 0.145. The topological polar surface area (TPSA) is 50.8 Å². The van der Waals surface area contributed by atoms with E-state index in [1.807, 2.05) is 18.2 Å². The van der Waals surface area contributed by atoms with Gasteiger partial charge >= 0.3 is 0 Å². The fourth-order valence-corrected chi connectivity index (χ4v) is 3.62. The molecule has 0 spiro atoms. The fraction of sp³-hybridized carbons (Fsp3) is 0.250. The summed E-state index contributed by atoms with van der Waals surface area (Å²) in [6.07, 6.45) is 0. The molecule has 112 valence electrons. The molecular weight excluding hydrogens is 350 g/mol. The minimum absolute atomic E-state index is 0.145. The van der Waals surface area contributed by atoms with E-state index in [0.29, 0.717) is 11.4 Å². The Morgan fingerprint density at radius 2 is 1.67 bits per heavy atom. The molecule has 0 aliphatic carbocycles. The number of hydrogen-bond donors (Lipinski definition) is 1. The second kappa shape index (κ2) is 7.20. The van der Waals surface area contributed by atoms with E-state index in [0.717, 1.165) is 4.47 Å². The standard InChI is InChI=1S/C16H18BrNO2S/c1-13(14-5-3-2-4-6-14)18-11-12-21(19,20)16-9-7-15(17)8-10-16/h2-10,13,18H,11-12H2,1H3/p+1/t13-/m1/s1. The highest BCUT2D eigenvalue weighted by atomic mass is 79.9. The van der Waals surface area contributed by atoms with Crippen LogP contribution in [0.2, 0.25) is 0 Å². The lowest BCUT2D eigenvalue weighted by Crippen LogP contribution is -2.85. The Bertz CT molecular complexity index is 669. The van der Waals surface area contributed by atoms with Crippen LogP contribution in [-0.4, -0.2) is 20.7 Å². The van der Waals surface area contributed by atoms with Gasteiger partial charge in [0.15, 0.2) is 9.84 Å². The average molecular weight is 369 g/mol. The van der Waals surface area contributed by atoms with Crippen LogP contribution in [0.5, 0.6) is 0 Å². The molecular formula is C16H19BrNO2S+. The summed E-state index contributed by atoms with van der Waals surface area (Å²) in [5.41, 5.74) is 1.21. The highest BCUT2D eigenvalue weighted by Gasteiger charge is 2.16. The Hall–Kier alpha value is -1.17. The quantitative estimate of drug-likeness (QED) is 0.851. The zero-order valence-corrected chi connectivity index (χ0v) is 14.3. The van der Waals surface area contributed by atoms with Crippen LogP contribution in [0.25, 0.3) is 0 Å². The number of hydrogen-bond acceptors (Lipinski definition) is 2. The minimum Gasteiger partial charge on any atom is -0.339 e. The fourth-order valence-electron chi connectivity index (χ4n) is 2.13. The number of halogens is 1. The SMILES string of the molecule is C[C@@H]([NH2+]CCS(=O)(=O)c1ccc(Br)cc1)c1ccccc1. The predicted molar refractivity (Wildman–Crippen MR) is 87.8 cm³/mol. The third-order valence-electron chi connectivity index (χ3n) is 3.40. The Morgan fingerprint density at radius 3 is 2.29 bits per heavy atom. The molecule has 2 aromatic rings. The molecule has 21 heavy (non-hydrogen) atoms. The summed E-state index contributed by atoms with van der Waals surface area (Å²) in [6.45, 7) is 2.63. The second-order valence-corrected chi connectivity index (χ2v) is 8.02. The first-order valence-electron chi connectivity index (χ1n) is 6.85. The van der Waals surface area contributed by atoms with Crippen molar-refractivity contribution >= 4 is 25.8 Å². The van der Waals surface area contributed by atoms with Crippen LogP contribution in [0.4, 0.5) is 0 Å². The first-order valence-corrected chi connectivity index (χ1v) is 9.30. The van der Waals surface area contributed by atoms with Gasteiger partial charge in [-0.15, -0.1) is 0 Å². The normalized spacial score (nSPS) is 13.0.